The summed E-state index contributed by atoms with van der Waals surface area (Å²) < 4.78 is 0. The molecule has 1 heterocycles. The fourth-order valence-electron chi connectivity index (χ4n) is 1.53. The smallest absolute Gasteiger partial charge is 0.335 e. The van der Waals surface area contributed by atoms with Gasteiger partial charge in [-0.2, -0.15) is 0 Å². The number of hydrogen-bond acceptors (Lipinski definition) is 5. The third-order valence-corrected chi connectivity index (χ3v) is 3.43. The Balaban J connectivity index is 2.20. The van der Waals surface area contributed by atoms with E-state index in [4.69, 9.17) is 10.8 Å². The molecule has 0 bridgehead atoms. The van der Waals surface area contributed by atoms with Crippen LogP contribution < -0.4 is 11.1 Å². The third-order valence-electron chi connectivity index (χ3n) is 2.65. The maximum atomic E-state index is 10.8. The van der Waals surface area contributed by atoms with Crippen molar-refractivity contribution < 1.29 is 9.90 Å². The highest BCUT2D eigenvalue weighted by Crippen LogP contribution is 2.28. The lowest BCUT2D eigenvalue weighted by Gasteiger charge is -2.07. The van der Waals surface area contributed by atoms with Gasteiger partial charge in [-0.05, 0) is 24.1 Å². The van der Waals surface area contributed by atoms with Gasteiger partial charge in [-0.15, -0.1) is 11.3 Å². The van der Waals surface area contributed by atoms with Gasteiger partial charge in [0.2, 0.25) is 0 Å². The molecule has 6 heteroatoms. The van der Waals surface area contributed by atoms with Crippen LogP contribution in [0.2, 0.25) is 0 Å². The second-order valence-corrected chi connectivity index (χ2v) is 5.32. The summed E-state index contributed by atoms with van der Waals surface area (Å²) in [4.78, 5) is 15.3. The van der Waals surface area contributed by atoms with Crippen molar-refractivity contribution in [2.45, 2.75) is 19.8 Å². The van der Waals surface area contributed by atoms with E-state index in [9.17, 15) is 4.79 Å². The number of rotatable bonds is 4. The quantitative estimate of drug-likeness (QED) is 0.746. The number of carboxylic acid groups (broad SMARTS) is 1. The predicted molar refractivity (Wildman–Crippen MR) is 77.3 cm³/mol. The van der Waals surface area contributed by atoms with Crippen molar-refractivity contribution in [1.29, 1.82) is 0 Å². The molecule has 0 saturated heterocycles. The van der Waals surface area contributed by atoms with E-state index in [2.05, 4.69) is 24.1 Å². The Morgan fingerprint density at radius 2 is 2.21 bits per heavy atom. The number of aromatic nitrogens is 1. The number of thiazole rings is 1. The van der Waals surface area contributed by atoms with Gasteiger partial charge in [-0.1, -0.05) is 13.8 Å². The molecule has 5 nitrogen and oxygen atoms in total. The molecule has 0 spiro atoms. The number of carboxylic acids is 1. The lowest BCUT2D eigenvalue weighted by molar-refractivity contribution is 0.0697. The SMILES string of the molecule is CC(C)c1csc(Nc2ccc(C(=O)O)cc2N)n1. The van der Waals surface area contributed by atoms with E-state index in [0.717, 1.165) is 10.8 Å². The highest BCUT2D eigenvalue weighted by Gasteiger charge is 2.09. The van der Waals surface area contributed by atoms with Crippen molar-refractivity contribution in [2.24, 2.45) is 0 Å². The van der Waals surface area contributed by atoms with Crippen LogP contribution in [0.15, 0.2) is 23.6 Å². The molecular formula is C13H15N3O2S. The first-order valence-electron chi connectivity index (χ1n) is 5.82. The predicted octanol–water partition coefficient (Wildman–Crippen LogP) is 3.29. The molecule has 0 fully saturated rings. The lowest BCUT2D eigenvalue weighted by atomic mass is 10.2. The number of benzene rings is 1. The Morgan fingerprint density at radius 3 is 2.74 bits per heavy atom. The van der Waals surface area contributed by atoms with Crippen molar-refractivity contribution in [3.63, 3.8) is 0 Å². The zero-order valence-corrected chi connectivity index (χ0v) is 11.5. The average Bonchev–Trinajstić information content (AvgIpc) is 2.80. The van der Waals surface area contributed by atoms with Crippen LogP contribution in [-0.2, 0) is 0 Å². The molecule has 0 aliphatic carbocycles. The van der Waals surface area contributed by atoms with Gasteiger partial charge in [0.15, 0.2) is 5.13 Å². The van der Waals surface area contributed by atoms with E-state index in [-0.39, 0.29) is 5.56 Å². The van der Waals surface area contributed by atoms with Crippen LogP contribution in [0.4, 0.5) is 16.5 Å². The maximum Gasteiger partial charge on any atom is 0.335 e. The van der Waals surface area contributed by atoms with Crippen molar-refractivity contribution in [3.8, 4) is 0 Å². The fraction of sp³-hybridized carbons (Fsp3) is 0.231. The average molecular weight is 277 g/mol. The van der Waals surface area contributed by atoms with Gasteiger partial charge < -0.3 is 16.2 Å². The van der Waals surface area contributed by atoms with E-state index in [1.54, 1.807) is 6.07 Å². The summed E-state index contributed by atoms with van der Waals surface area (Å²) in [6.45, 7) is 4.16. The second kappa shape index (κ2) is 5.27. The first-order valence-corrected chi connectivity index (χ1v) is 6.70. The van der Waals surface area contributed by atoms with Gasteiger partial charge in [-0.25, -0.2) is 9.78 Å². The van der Waals surface area contributed by atoms with Crippen LogP contribution in [0.3, 0.4) is 0 Å². The number of aromatic carboxylic acids is 1. The largest absolute Gasteiger partial charge is 0.478 e. The minimum absolute atomic E-state index is 0.171. The number of nitrogens with two attached hydrogens (primary N) is 1. The zero-order valence-electron chi connectivity index (χ0n) is 10.7. The molecule has 0 radical (unpaired) electrons. The minimum atomic E-state index is -0.991. The number of nitrogen functional groups attached to an aromatic ring is 1. The second-order valence-electron chi connectivity index (χ2n) is 4.46. The molecule has 0 aliphatic heterocycles. The van der Waals surface area contributed by atoms with Crippen LogP contribution in [0.25, 0.3) is 0 Å². The Labute approximate surface area is 115 Å². The molecule has 2 rings (SSSR count). The first kappa shape index (κ1) is 13.4. The van der Waals surface area contributed by atoms with E-state index in [1.165, 1.54) is 23.5 Å². The summed E-state index contributed by atoms with van der Waals surface area (Å²) in [5.41, 5.74) is 8.07. The van der Waals surface area contributed by atoms with Gasteiger partial charge in [0, 0.05) is 5.38 Å². The fourth-order valence-corrected chi connectivity index (χ4v) is 2.42. The van der Waals surface area contributed by atoms with Gasteiger partial charge >= 0.3 is 5.97 Å². The van der Waals surface area contributed by atoms with Crippen molar-refractivity contribution in [2.75, 3.05) is 11.1 Å². The summed E-state index contributed by atoms with van der Waals surface area (Å²) in [5, 5.41) is 14.7. The molecule has 0 unspecified atom stereocenters. The van der Waals surface area contributed by atoms with Crippen molar-refractivity contribution in [1.82, 2.24) is 4.98 Å². The van der Waals surface area contributed by atoms with Gasteiger partial charge in [0.25, 0.3) is 0 Å². The number of nitrogens with one attached hydrogen (secondary N) is 1. The van der Waals surface area contributed by atoms with Crippen molar-refractivity contribution in [3.05, 3.63) is 34.8 Å². The first-order chi connectivity index (χ1) is 8.97. The molecule has 0 atom stereocenters. The van der Waals surface area contributed by atoms with Crippen molar-refractivity contribution >= 4 is 33.8 Å². The highest BCUT2D eigenvalue weighted by atomic mass is 32.1. The zero-order chi connectivity index (χ0) is 14.0. The number of nitrogens with zero attached hydrogens (tertiary/aromatic N) is 1. The van der Waals surface area contributed by atoms with E-state index in [0.29, 0.717) is 17.3 Å². The summed E-state index contributed by atoms with van der Waals surface area (Å²) in [6.07, 6.45) is 0. The van der Waals surface area contributed by atoms with Crippen LogP contribution in [0.1, 0.15) is 35.8 Å². The maximum absolute atomic E-state index is 10.8. The molecule has 2 aromatic rings. The number of hydrogen-bond donors (Lipinski definition) is 3. The van der Waals surface area contributed by atoms with Crippen LogP contribution in [0.5, 0.6) is 0 Å². The molecular weight excluding hydrogens is 262 g/mol. The monoisotopic (exact) mass is 277 g/mol. The van der Waals surface area contributed by atoms with Crippen LogP contribution in [0, 0.1) is 0 Å². The standard InChI is InChI=1S/C13H15N3O2S/c1-7(2)11-6-19-13(16-11)15-10-4-3-8(12(17)18)5-9(10)14/h3-7H,14H2,1-2H3,(H,15,16)(H,17,18). The number of carbonyl (C=O) groups is 1. The normalized spacial score (nSPS) is 10.7. The van der Waals surface area contributed by atoms with E-state index < -0.39 is 5.97 Å². The van der Waals surface area contributed by atoms with Gasteiger partial charge in [0.05, 0.1) is 22.6 Å². The Bertz CT molecular complexity index is 608. The Kier molecular flexibility index (Phi) is 3.71. The topological polar surface area (TPSA) is 88.2 Å². The minimum Gasteiger partial charge on any atom is -0.478 e. The Morgan fingerprint density at radius 1 is 1.47 bits per heavy atom. The van der Waals surface area contributed by atoms with Gasteiger partial charge in [0.1, 0.15) is 0 Å². The molecule has 0 saturated carbocycles. The molecule has 1 aromatic carbocycles. The molecule has 0 aliphatic rings. The van der Waals surface area contributed by atoms with Gasteiger partial charge in [-0.3, -0.25) is 0 Å². The summed E-state index contributed by atoms with van der Waals surface area (Å²) in [6, 6.07) is 4.59. The van der Waals surface area contributed by atoms with Crippen LogP contribution in [-0.4, -0.2) is 16.1 Å². The van der Waals surface area contributed by atoms with E-state index in [1.807, 2.05) is 5.38 Å². The molecule has 0 amide bonds. The number of anilines is 3. The molecule has 1 aromatic heterocycles. The molecule has 100 valence electrons. The third kappa shape index (κ3) is 3.03. The lowest BCUT2D eigenvalue weighted by Crippen LogP contribution is -2.01. The summed E-state index contributed by atoms with van der Waals surface area (Å²) in [5.74, 6) is -0.617. The molecule has 19 heavy (non-hydrogen) atoms. The summed E-state index contributed by atoms with van der Waals surface area (Å²) in [7, 11) is 0. The van der Waals surface area contributed by atoms with Crippen LogP contribution >= 0.6 is 11.3 Å². The summed E-state index contributed by atoms with van der Waals surface area (Å²) >= 11 is 1.50. The van der Waals surface area contributed by atoms with E-state index >= 15 is 0 Å². The highest BCUT2D eigenvalue weighted by molar-refractivity contribution is 7.13. The molecule has 4 N–H and O–H groups in total. The Hall–Kier alpha value is -2.08.